The van der Waals surface area contributed by atoms with Crippen LogP contribution in [-0.4, -0.2) is 58.5 Å². The van der Waals surface area contributed by atoms with Crippen LogP contribution < -0.4 is 10.2 Å². The van der Waals surface area contributed by atoms with E-state index in [2.05, 4.69) is 31.2 Å². The van der Waals surface area contributed by atoms with Crippen LogP contribution in [0.15, 0.2) is 36.9 Å². The van der Waals surface area contributed by atoms with E-state index in [1.807, 2.05) is 24.1 Å². The predicted molar refractivity (Wildman–Crippen MR) is 118 cm³/mol. The van der Waals surface area contributed by atoms with Crippen LogP contribution in [0.25, 0.3) is 0 Å². The van der Waals surface area contributed by atoms with E-state index in [9.17, 15) is 4.79 Å². The zero-order chi connectivity index (χ0) is 20.8. The maximum atomic E-state index is 12.6. The highest BCUT2D eigenvalue weighted by Crippen LogP contribution is 2.28. The van der Waals surface area contributed by atoms with Crippen LogP contribution in [0, 0.1) is 5.92 Å². The molecule has 0 aromatic carbocycles. The molecule has 7 nitrogen and oxygen atoms in total. The lowest BCUT2D eigenvalue weighted by Gasteiger charge is -2.34. The number of rotatable bonds is 9. The van der Waals surface area contributed by atoms with Crippen molar-refractivity contribution in [1.82, 2.24) is 19.9 Å². The molecule has 30 heavy (non-hydrogen) atoms. The SMILES string of the molecule is CN(CCc1ccncc1)C(=O)CCC1CCCN(c2cc(NC3CC3)ncn2)C1. The highest BCUT2D eigenvalue weighted by molar-refractivity contribution is 5.75. The molecular weight excluding hydrogens is 376 g/mol. The highest BCUT2D eigenvalue weighted by Gasteiger charge is 2.24. The lowest BCUT2D eigenvalue weighted by atomic mass is 9.93. The van der Waals surface area contributed by atoms with Crippen LogP contribution in [0.1, 0.15) is 44.1 Å². The number of aromatic nitrogens is 3. The van der Waals surface area contributed by atoms with Crippen molar-refractivity contribution in [2.45, 2.75) is 51.0 Å². The first kappa shape index (κ1) is 20.6. The third kappa shape index (κ3) is 5.90. The Bertz CT molecular complexity index is 825. The third-order valence-electron chi connectivity index (χ3n) is 6.10. The molecule has 0 bridgehead atoms. The zero-order valence-corrected chi connectivity index (χ0v) is 17.8. The normalized spacial score (nSPS) is 18.8. The number of carbonyl (C=O) groups excluding carboxylic acids is 1. The molecule has 1 unspecified atom stereocenters. The summed E-state index contributed by atoms with van der Waals surface area (Å²) in [5.74, 6) is 2.69. The molecule has 4 rings (SSSR count). The summed E-state index contributed by atoms with van der Waals surface area (Å²) in [7, 11) is 1.91. The van der Waals surface area contributed by atoms with Gasteiger partial charge in [-0.1, -0.05) is 0 Å². The summed E-state index contributed by atoms with van der Waals surface area (Å²) in [4.78, 5) is 29.7. The Labute approximate surface area is 178 Å². The number of pyridine rings is 1. The van der Waals surface area contributed by atoms with Gasteiger partial charge < -0.3 is 15.1 Å². The van der Waals surface area contributed by atoms with Gasteiger partial charge in [-0.25, -0.2) is 9.97 Å². The van der Waals surface area contributed by atoms with Gasteiger partial charge in [-0.3, -0.25) is 9.78 Å². The molecule has 2 aromatic rings. The molecule has 0 spiro atoms. The number of nitrogens with zero attached hydrogens (tertiary/aromatic N) is 5. The lowest BCUT2D eigenvalue weighted by Crippen LogP contribution is -2.37. The summed E-state index contributed by atoms with van der Waals surface area (Å²) in [6, 6.07) is 6.67. The average Bonchev–Trinajstić information content (AvgIpc) is 3.61. The van der Waals surface area contributed by atoms with Gasteiger partial charge in [0.05, 0.1) is 0 Å². The van der Waals surface area contributed by atoms with Crippen LogP contribution in [0.4, 0.5) is 11.6 Å². The number of nitrogens with one attached hydrogen (secondary N) is 1. The van der Waals surface area contributed by atoms with Crippen molar-refractivity contribution in [3.05, 3.63) is 42.5 Å². The second-order valence-electron chi connectivity index (χ2n) is 8.59. The van der Waals surface area contributed by atoms with Gasteiger partial charge in [0.2, 0.25) is 5.91 Å². The van der Waals surface area contributed by atoms with E-state index in [1.54, 1.807) is 18.7 Å². The number of carbonyl (C=O) groups is 1. The van der Waals surface area contributed by atoms with Gasteiger partial charge in [-0.15, -0.1) is 0 Å². The lowest BCUT2D eigenvalue weighted by molar-refractivity contribution is -0.130. The van der Waals surface area contributed by atoms with E-state index < -0.39 is 0 Å². The van der Waals surface area contributed by atoms with Crippen molar-refractivity contribution in [2.24, 2.45) is 5.92 Å². The molecular formula is C23H32N6O. The van der Waals surface area contributed by atoms with Crippen LogP contribution >= 0.6 is 0 Å². The minimum Gasteiger partial charge on any atom is -0.367 e. The molecule has 1 aliphatic heterocycles. The fourth-order valence-electron chi connectivity index (χ4n) is 4.03. The minimum atomic E-state index is 0.235. The third-order valence-corrected chi connectivity index (χ3v) is 6.10. The monoisotopic (exact) mass is 408 g/mol. The highest BCUT2D eigenvalue weighted by atomic mass is 16.2. The molecule has 0 radical (unpaired) electrons. The average molecular weight is 409 g/mol. The van der Waals surface area contributed by atoms with E-state index >= 15 is 0 Å². The van der Waals surface area contributed by atoms with E-state index in [0.717, 1.165) is 50.5 Å². The van der Waals surface area contributed by atoms with Gasteiger partial charge in [0.1, 0.15) is 18.0 Å². The number of anilines is 2. The van der Waals surface area contributed by atoms with E-state index in [0.29, 0.717) is 18.4 Å². The Morgan fingerprint density at radius 2 is 2.07 bits per heavy atom. The Balaban J connectivity index is 1.23. The molecule has 2 aromatic heterocycles. The fourth-order valence-corrected chi connectivity index (χ4v) is 4.03. The van der Waals surface area contributed by atoms with E-state index in [4.69, 9.17) is 0 Å². The molecule has 2 fully saturated rings. The second kappa shape index (κ2) is 9.87. The first-order valence-electron chi connectivity index (χ1n) is 11.1. The van der Waals surface area contributed by atoms with Gasteiger partial charge in [0.15, 0.2) is 0 Å². The second-order valence-corrected chi connectivity index (χ2v) is 8.59. The van der Waals surface area contributed by atoms with Gasteiger partial charge in [0, 0.05) is 57.6 Å². The summed E-state index contributed by atoms with van der Waals surface area (Å²) in [5.41, 5.74) is 1.22. The summed E-state index contributed by atoms with van der Waals surface area (Å²) >= 11 is 0. The standard InChI is InChI=1S/C23H32N6O/c1-28(14-10-18-8-11-24-12-9-18)23(30)7-4-19-3-2-13-29(16-19)22-15-21(25-17-26-22)27-20-5-6-20/h8-9,11-12,15,17,19-20H,2-7,10,13-14,16H2,1H3,(H,25,26,27). The van der Waals surface area contributed by atoms with Crippen LogP contribution in [0.5, 0.6) is 0 Å². The van der Waals surface area contributed by atoms with Crippen LogP contribution in [0.2, 0.25) is 0 Å². The van der Waals surface area contributed by atoms with E-state index in [1.165, 1.54) is 24.8 Å². The number of hydrogen-bond acceptors (Lipinski definition) is 6. The number of likely N-dealkylation sites (N-methyl/N-ethyl adjacent to an activating group) is 1. The summed E-state index contributed by atoms with van der Waals surface area (Å²) in [5, 5.41) is 3.45. The van der Waals surface area contributed by atoms with Crippen molar-refractivity contribution in [2.75, 3.05) is 36.9 Å². The zero-order valence-electron chi connectivity index (χ0n) is 17.8. The Morgan fingerprint density at radius 3 is 2.87 bits per heavy atom. The van der Waals surface area contributed by atoms with Gasteiger partial charge >= 0.3 is 0 Å². The molecule has 1 saturated carbocycles. The molecule has 1 N–H and O–H groups in total. The Morgan fingerprint density at radius 1 is 1.23 bits per heavy atom. The first-order valence-corrected chi connectivity index (χ1v) is 11.1. The summed E-state index contributed by atoms with van der Waals surface area (Å²) < 4.78 is 0. The maximum Gasteiger partial charge on any atom is 0.222 e. The summed E-state index contributed by atoms with van der Waals surface area (Å²) in [6.45, 7) is 2.74. The van der Waals surface area contributed by atoms with Crippen molar-refractivity contribution in [1.29, 1.82) is 0 Å². The molecule has 2 aliphatic rings. The van der Waals surface area contributed by atoms with Crippen molar-refractivity contribution in [3.8, 4) is 0 Å². The fraction of sp³-hybridized carbons (Fsp3) is 0.565. The van der Waals surface area contributed by atoms with Gasteiger partial charge in [-0.2, -0.15) is 0 Å². The largest absolute Gasteiger partial charge is 0.367 e. The molecule has 1 amide bonds. The van der Waals surface area contributed by atoms with Crippen LogP contribution in [-0.2, 0) is 11.2 Å². The minimum absolute atomic E-state index is 0.235. The quantitative estimate of drug-likeness (QED) is 0.687. The molecule has 1 aliphatic carbocycles. The Kier molecular flexibility index (Phi) is 6.77. The predicted octanol–water partition coefficient (Wildman–Crippen LogP) is 3.14. The Hall–Kier alpha value is -2.70. The molecule has 3 heterocycles. The van der Waals surface area contributed by atoms with Crippen molar-refractivity contribution >= 4 is 17.5 Å². The van der Waals surface area contributed by atoms with Gasteiger partial charge in [-0.05, 0) is 62.1 Å². The maximum absolute atomic E-state index is 12.6. The number of amides is 1. The van der Waals surface area contributed by atoms with E-state index in [-0.39, 0.29) is 5.91 Å². The smallest absolute Gasteiger partial charge is 0.222 e. The topological polar surface area (TPSA) is 74.2 Å². The summed E-state index contributed by atoms with van der Waals surface area (Å²) in [6.07, 6.45) is 12.5. The van der Waals surface area contributed by atoms with Gasteiger partial charge in [0.25, 0.3) is 0 Å². The molecule has 1 saturated heterocycles. The first-order chi connectivity index (χ1) is 14.7. The van der Waals surface area contributed by atoms with Crippen LogP contribution in [0.3, 0.4) is 0 Å². The molecule has 160 valence electrons. The van der Waals surface area contributed by atoms with Crippen molar-refractivity contribution < 1.29 is 4.79 Å². The number of piperidine rings is 1. The van der Waals surface area contributed by atoms with Crippen molar-refractivity contribution in [3.63, 3.8) is 0 Å². The molecule has 1 atom stereocenters. The molecule has 7 heteroatoms. The number of hydrogen-bond donors (Lipinski definition) is 1.